The predicted octanol–water partition coefficient (Wildman–Crippen LogP) is 4.33. The molecule has 2 N–H and O–H groups in total. The van der Waals surface area contributed by atoms with Crippen molar-refractivity contribution >= 4 is 34.6 Å². The Labute approximate surface area is 183 Å². The molecule has 1 aromatic heterocycles. The number of fused-ring (bicyclic) bond motifs is 1. The largest absolute Gasteiger partial charge is 0.433 e. The molecule has 0 saturated heterocycles. The van der Waals surface area contributed by atoms with Gasteiger partial charge in [-0.3, -0.25) is 9.59 Å². The van der Waals surface area contributed by atoms with Crippen LogP contribution in [0.4, 0.5) is 18.9 Å². The lowest BCUT2D eigenvalue weighted by Gasteiger charge is -2.31. The minimum Gasteiger partial charge on any atom is -0.382 e. The monoisotopic (exact) mass is 444 g/mol. The number of dihydropyridines is 1. The third-order valence-electron chi connectivity index (χ3n) is 5.75. The summed E-state index contributed by atoms with van der Waals surface area (Å²) in [5, 5.41) is 6.86. The Kier molecular flexibility index (Phi) is 5.99. The van der Waals surface area contributed by atoms with Gasteiger partial charge in [-0.15, -0.1) is 0 Å². The van der Waals surface area contributed by atoms with Crippen molar-refractivity contribution < 1.29 is 22.8 Å². The standard InChI is InChI=1S/C23H23F3N4O2/c1-13-5-6-18-17(9-13)19(12-20(30-18)23(24,25)26)28-15-3-2-4-16(11-15)29-22(32)14-7-8-27-21(31)10-14/h5-9,12,15-16H,2-4,10-11H2,1H3,(H,28,30)(H,29,32)/t15-,16?/m0/s1. The number of pyridine rings is 1. The van der Waals surface area contributed by atoms with Crippen molar-refractivity contribution in [2.75, 3.05) is 5.32 Å². The summed E-state index contributed by atoms with van der Waals surface area (Å²) in [6.45, 7) is 1.88. The Balaban J connectivity index is 1.52. The maximum absolute atomic E-state index is 13.4. The maximum atomic E-state index is 13.4. The zero-order valence-electron chi connectivity index (χ0n) is 17.5. The number of carbonyl (C=O) groups excluding carboxylic acids is 2. The van der Waals surface area contributed by atoms with E-state index in [-0.39, 0.29) is 35.8 Å². The summed E-state index contributed by atoms with van der Waals surface area (Å²) in [7, 11) is 0. The number of rotatable bonds is 4. The first-order valence-corrected chi connectivity index (χ1v) is 10.5. The van der Waals surface area contributed by atoms with Gasteiger partial charge in [-0.2, -0.15) is 13.2 Å². The number of alkyl halides is 3. The normalized spacial score (nSPS) is 21.4. The van der Waals surface area contributed by atoms with Crippen LogP contribution in [-0.2, 0) is 15.8 Å². The number of anilines is 1. The molecule has 2 atom stereocenters. The smallest absolute Gasteiger partial charge is 0.382 e. The van der Waals surface area contributed by atoms with E-state index in [0.29, 0.717) is 23.1 Å². The minimum absolute atomic E-state index is 0.0285. The minimum atomic E-state index is -4.55. The molecule has 1 saturated carbocycles. The van der Waals surface area contributed by atoms with Gasteiger partial charge in [-0.05, 0) is 56.9 Å². The van der Waals surface area contributed by atoms with E-state index in [1.54, 1.807) is 12.1 Å². The predicted molar refractivity (Wildman–Crippen MR) is 115 cm³/mol. The summed E-state index contributed by atoms with van der Waals surface area (Å²) in [6, 6.07) is 5.96. The molecule has 2 amide bonds. The molecular weight excluding hydrogens is 421 g/mol. The van der Waals surface area contributed by atoms with E-state index in [0.717, 1.165) is 30.9 Å². The number of aryl methyl sites for hydroxylation is 1. The van der Waals surface area contributed by atoms with Gasteiger partial charge in [0.05, 0.1) is 11.9 Å². The SMILES string of the molecule is Cc1ccc2nc(C(F)(F)F)cc(N[C@H]3CCCC(NC(=O)C4=CC=NC(=O)C4)C3)c2c1. The van der Waals surface area contributed by atoms with Crippen molar-refractivity contribution in [2.45, 2.75) is 57.3 Å². The van der Waals surface area contributed by atoms with Crippen molar-refractivity contribution in [3.8, 4) is 0 Å². The number of benzene rings is 1. The van der Waals surface area contributed by atoms with Crippen LogP contribution in [0.5, 0.6) is 0 Å². The van der Waals surface area contributed by atoms with Gasteiger partial charge in [0.2, 0.25) is 11.8 Å². The van der Waals surface area contributed by atoms with E-state index in [1.165, 1.54) is 12.3 Å². The van der Waals surface area contributed by atoms with Crippen LogP contribution in [0, 0.1) is 6.92 Å². The van der Waals surface area contributed by atoms with Crippen LogP contribution in [0.1, 0.15) is 43.4 Å². The van der Waals surface area contributed by atoms with Crippen LogP contribution in [0.25, 0.3) is 10.9 Å². The van der Waals surface area contributed by atoms with Gasteiger partial charge in [0, 0.05) is 34.9 Å². The Morgan fingerprint density at radius 1 is 1.16 bits per heavy atom. The molecule has 1 aromatic carbocycles. The molecule has 4 rings (SSSR count). The highest BCUT2D eigenvalue weighted by Crippen LogP contribution is 2.34. The molecule has 1 unspecified atom stereocenters. The highest BCUT2D eigenvalue weighted by Gasteiger charge is 2.34. The highest BCUT2D eigenvalue weighted by molar-refractivity contribution is 6.06. The molecule has 1 fully saturated rings. The van der Waals surface area contributed by atoms with Gasteiger partial charge in [0.25, 0.3) is 0 Å². The van der Waals surface area contributed by atoms with Crippen molar-refractivity contribution in [1.29, 1.82) is 0 Å². The van der Waals surface area contributed by atoms with Crippen molar-refractivity contribution in [3.05, 3.63) is 47.2 Å². The van der Waals surface area contributed by atoms with E-state index < -0.39 is 11.9 Å². The van der Waals surface area contributed by atoms with E-state index in [1.807, 2.05) is 13.0 Å². The number of aliphatic imine (C=N–C) groups is 1. The summed E-state index contributed by atoms with van der Waals surface area (Å²) in [5.74, 6) is -0.666. The zero-order valence-corrected chi connectivity index (χ0v) is 17.5. The summed E-state index contributed by atoms with van der Waals surface area (Å²) in [4.78, 5) is 31.3. The molecule has 1 aliphatic carbocycles. The fourth-order valence-corrected chi connectivity index (χ4v) is 4.19. The van der Waals surface area contributed by atoms with E-state index in [4.69, 9.17) is 0 Å². The third kappa shape index (κ3) is 4.98. The second kappa shape index (κ2) is 8.72. The lowest BCUT2D eigenvalue weighted by atomic mass is 9.90. The fourth-order valence-electron chi connectivity index (χ4n) is 4.19. The quantitative estimate of drug-likeness (QED) is 0.735. The number of aromatic nitrogens is 1. The Morgan fingerprint density at radius 3 is 2.69 bits per heavy atom. The Hall–Kier alpha value is -3.23. The summed E-state index contributed by atoms with van der Waals surface area (Å²) < 4.78 is 40.2. The number of amides is 2. The van der Waals surface area contributed by atoms with Crippen LogP contribution in [0.2, 0.25) is 0 Å². The average molecular weight is 444 g/mol. The average Bonchev–Trinajstić information content (AvgIpc) is 2.73. The van der Waals surface area contributed by atoms with Gasteiger partial charge >= 0.3 is 6.18 Å². The number of nitrogens with one attached hydrogen (secondary N) is 2. The molecule has 168 valence electrons. The number of hydrogen-bond acceptors (Lipinski definition) is 4. The van der Waals surface area contributed by atoms with Gasteiger partial charge in [-0.25, -0.2) is 9.98 Å². The first kappa shape index (κ1) is 22.0. The molecule has 32 heavy (non-hydrogen) atoms. The second-order valence-electron chi connectivity index (χ2n) is 8.29. The first-order chi connectivity index (χ1) is 15.2. The fraction of sp³-hybridized carbons (Fsp3) is 0.391. The molecule has 9 heteroatoms. The van der Waals surface area contributed by atoms with Gasteiger partial charge in [0.1, 0.15) is 5.69 Å². The molecule has 0 bridgehead atoms. The van der Waals surface area contributed by atoms with E-state index in [9.17, 15) is 22.8 Å². The number of allylic oxidation sites excluding steroid dienone is 1. The zero-order chi connectivity index (χ0) is 22.9. The van der Waals surface area contributed by atoms with Gasteiger partial charge in [-0.1, -0.05) is 11.6 Å². The number of halogens is 3. The molecule has 6 nitrogen and oxygen atoms in total. The molecular formula is C23H23F3N4O2. The van der Waals surface area contributed by atoms with Crippen LogP contribution in [-0.4, -0.2) is 35.1 Å². The van der Waals surface area contributed by atoms with Crippen molar-refractivity contribution in [1.82, 2.24) is 10.3 Å². The maximum Gasteiger partial charge on any atom is 0.433 e. The lowest BCUT2D eigenvalue weighted by Crippen LogP contribution is -2.42. The van der Waals surface area contributed by atoms with E-state index in [2.05, 4.69) is 20.6 Å². The first-order valence-electron chi connectivity index (χ1n) is 10.5. The lowest BCUT2D eigenvalue weighted by molar-refractivity contribution is -0.140. The third-order valence-corrected chi connectivity index (χ3v) is 5.75. The summed E-state index contributed by atoms with van der Waals surface area (Å²) in [5.41, 5.74) is 1.02. The second-order valence-corrected chi connectivity index (χ2v) is 8.29. The molecule has 2 aromatic rings. The topological polar surface area (TPSA) is 83.4 Å². The van der Waals surface area contributed by atoms with Crippen molar-refractivity contribution in [2.24, 2.45) is 4.99 Å². The summed E-state index contributed by atoms with van der Waals surface area (Å²) >= 11 is 0. The van der Waals surface area contributed by atoms with Gasteiger partial charge in [0.15, 0.2) is 0 Å². The Bertz CT molecular complexity index is 1120. The highest BCUT2D eigenvalue weighted by atomic mass is 19.4. The van der Waals surface area contributed by atoms with Crippen LogP contribution in [0.3, 0.4) is 0 Å². The number of hydrogen-bond donors (Lipinski definition) is 2. The van der Waals surface area contributed by atoms with E-state index >= 15 is 0 Å². The summed E-state index contributed by atoms with van der Waals surface area (Å²) in [6.07, 6.45) is 1.20. The van der Waals surface area contributed by atoms with Gasteiger partial charge < -0.3 is 10.6 Å². The Morgan fingerprint density at radius 2 is 1.94 bits per heavy atom. The number of nitrogens with zero attached hydrogens (tertiary/aromatic N) is 2. The van der Waals surface area contributed by atoms with Crippen LogP contribution in [0.15, 0.2) is 40.9 Å². The molecule has 0 spiro atoms. The molecule has 2 heterocycles. The number of carbonyl (C=O) groups is 2. The van der Waals surface area contributed by atoms with Crippen LogP contribution >= 0.6 is 0 Å². The van der Waals surface area contributed by atoms with Crippen molar-refractivity contribution in [3.63, 3.8) is 0 Å². The molecule has 2 aliphatic rings. The van der Waals surface area contributed by atoms with Crippen LogP contribution < -0.4 is 10.6 Å². The molecule has 0 radical (unpaired) electrons. The molecule has 1 aliphatic heterocycles.